The second kappa shape index (κ2) is 4.81. The molecule has 1 aliphatic heterocycles. The van der Waals surface area contributed by atoms with Crippen LogP contribution < -0.4 is 0 Å². The molecule has 0 fully saturated rings. The normalized spacial score (nSPS) is 22.8. The van der Waals surface area contributed by atoms with Gasteiger partial charge in [-0.05, 0) is 32.4 Å². The maximum absolute atomic E-state index is 5.81. The Balaban J connectivity index is 2.19. The summed E-state index contributed by atoms with van der Waals surface area (Å²) < 4.78 is 6.92. The van der Waals surface area contributed by atoms with E-state index in [1.807, 2.05) is 18.2 Å². The summed E-state index contributed by atoms with van der Waals surface area (Å²) in [7, 11) is 0. The number of aliphatic imine (C=N–C) groups is 1. The number of nitrogens with zero attached hydrogens (tertiary/aromatic N) is 1. The van der Waals surface area contributed by atoms with Gasteiger partial charge in [-0.2, -0.15) is 0 Å². The highest BCUT2D eigenvalue weighted by atomic mass is 79.9. The van der Waals surface area contributed by atoms with E-state index >= 15 is 0 Å². The lowest BCUT2D eigenvalue weighted by Gasteiger charge is -2.31. The Bertz CT molecular complexity index is 440. The van der Waals surface area contributed by atoms with Crippen LogP contribution in [0.3, 0.4) is 0 Å². The van der Waals surface area contributed by atoms with E-state index in [9.17, 15) is 0 Å². The van der Waals surface area contributed by atoms with E-state index in [0.29, 0.717) is 0 Å². The number of ether oxygens (including phenoxy) is 1. The maximum Gasteiger partial charge on any atom is 0.188 e. The summed E-state index contributed by atoms with van der Waals surface area (Å²) in [4.78, 5) is 4.67. The van der Waals surface area contributed by atoms with Gasteiger partial charge in [0.1, 0.15) is 0 Å². The number of rotatable bonds is 2. The SMILES string of the molecule is CC1CC(C)(C)N=C(Cc2ccccc2Br)O1. The number of benzene rings is 1. The van der Waals surface area contributed by atoms with Gasteiger partial charge in [0, 0.05) is 17.3 Å². The molecule has 0 spiro atoms. The molecule has 1 aromatic rings. The van der Waals surface area contributed by atoms with E-state index in [-0.39, 0.29) is 11.6 Å². The van der Waals surface area contributed by atoms with Crippen LogP contribution in [0.4, 0.5) is 0 Å². The molecule has 92 valence electrons. The van der Waals surface area contributed by atoms with Gasteiger partial charge in [0.2, 0.25) is 0 Å². The minimum Gasteiger partial charge on any atom is -0.478 e. The zero-order chi connectivity index (χ0) is 12.5. The van der Waals surface area contributed by atoms with Crippen LogP contribution in [0.2, 0.25) is 0 Å². The molecule has 2 nitrogen and oxygen atoms in total. The van der Waals surface area contributed by atoms with Gasteiger partial charge < -0.3 is 4.74 Å². The smallest absolute Gasteiger partial charge is 0.188 e. The highest BCUT2D eigenvalue weighted by Crippen LogP contribution is 2.26. The van der Waals surface area contributed by atoms with Gasteiger partial charge in [0.05, 0.1) is 11.6 Å². The van der Waals surface area contributed by atoms with Crippen molar-refractivity contribution in [1.29, 1.82) is 0 Å². The minimum atomic E-state index is -0.00570. The third-order valence-electron chi connectivity index (χ3n) is 2.85. The van der Waals surface area contributed by atoms with Gasteiger partial charge in [-0.25, -0.2) is 4.99 Å². The van der Waals surface area contributed by atoms with E-state index in [0.717, 1.165) is 23.2 Å². The van der Waals surface area contributed by atoms with Crippen LogP contribution in [-0.2, 0) is 11.2 Å². The Morgan fingerprint density at radius 2 is 2.12 bits per heavy atom. The summed E-state index contributed by atoms with van der Waals surface area (Å²) in [6.45, 7) is 6.43. The van der Waals surface area contributed by atoms with Crippen molar-refractivity contribution in [3.63, 3.8) is 0 Å². The fraction of sp³-hybridized carbons (Fsp3) is 0.500. The monoisotopic (exact) mass is 295 g/mol. The van der Waals surface area contributed by atoms with Crippen LogP contribution in [0.5, 0.6) is 0 Å². The molecule has 17 heavy (non-hydrogen) atoms. The summed E-state index contributed by atoms with van der Waals surface area (Å²) in [5.74, 6) is 0.848. The van der Waals surface area contributed by atoms with Crippen LogP contribution in [-0.4, -0.2) is 17.5 Å². The third-order valence-corrected chi connectivity index (χ3v) is 3.62. The average Bonchev–Trinajstić information content (AvgIpc) is 2.18. The van der Waals surface area contributed by atoms with Gasteiger partial charge in [0.25, 0.3) is 0 Å². The molecule has 0 amide bonds. The molecule has 3 heteroatoms. The maximum atomic E-state index is 5.81. The molecule has 1 aliphatic rings. The Morgan fingerprint density at radius 3 is 2.76 bits per heavy atom. The molecule has 0 bridgehead atoms. The van der Waals surface area contributed by atoms with Gasteiger partial charge in [-0.15, -0.1) is 0 Å². The number of hydrogen-bond donors (Lipinski definition) is 0. The van der Waals surface area contributed by atoms with Crippen molar-refractivity contribution in [2.75, 3.05) is 0 Å². The van der Waals surface area contributed by atoms with Crippen LogP contribution in [0.15, 0.2) is 33.7 Å². The van der Waals surface area contributed by atoms with Gasteiger partial charge in [-0.1, -0.05) is 34.1 Å². The highest BCUT2D eigenvalue weighted by Gasteiger charge is 2.28. The van der Waals surface area contributed by atoms with Crippen molar-refractivity contribution < 1.29 is 4.74 Å². The van der Waals surface area contributed by atoms with E-state index in [1.54, 1.807) is 0 Å². The Kier molecular flexibility index (Phi) is 3.57. The molecule has 0 saturated carbocycles. The first kappa shape index (κ1) is 12.6. The first-order valence-corrected chi connectivity index (χ1v) is 6.74. The lowest BCUT2D eigenvalue weighted by atomic mass is 9.96. The Hall–Kier alpha value is -0.830. The van der Waals surface area contributed by atoms with E-state index < -0.39 is 0 Å². The summed E-state index contributed by atoms with van der Waals surface area (Å²) in [6, 6.07) is 8.21. The van der Waals surface area contributed by atoms with Crippen molar-refractivity contribution in [2.24, 2.45) is 4.99 Å². The molecule has 0 aliphatic carbocycles. The van der Waals surface area contributed by atoms with Crippen molar-refractivity contribution in [1.82, 2.24) is 0 Å². The second-order valence-corrected chi connectivity index (χ2v) is 6.07. The first-order chi connectivity index (χ1) is 7.96. The molecule has 1 heterocycles. The van der Waals surface area contributed by atoms with Crippen LogP contribution >= 0.6 is 15.9 Å². The standard InChI is InChI=1S/C14H18BrNO/c1-10-9-14(2,3)16-13(17-10)8-11-6-4-5-7-12(11)15/h4-7,10H,8-9H2,1-3H3. The lowest BCUT2D eigenvalue weighted by molar-refractivity contribution is 0.141. The van der Waals surface area contributed by atoms with E-state index in [2.05, 4.69) is 47.8 Å². The van der Waals surface area contributed by atoms with Crippen LogP contribution in [0.1, 0.15) is 32.8 Å². The molecular formula is C14H18BrNO. The molecular weight excluding hydrogens is 278 g/mol. The van der Waals surface area contributed by atoms with E-state index in [4.69, 9.17) is 4.74 Å². The van der Waals surface area contributed by atoms with Crippen molar-refractivity contribution in [2.45, 2.75) is 45.3 Å². The van der Waals surface area contributed by atoms with Crippen LogP contribution in [0.25, 0.3) is 0 Å². The second-order valence-electron chi connectivity index (χ2n) is 5.22. The van der Waals surface area contributed by atoms with Crippen molar-refractivity contribution >= 4 is 21.8 Å². The first-order valence-electron chi connectivity index (χ1n) is 5.95. The predicted molar refractivity (Wildman–Crippen MR) is 74.5 cm³/mol. The quantitative estimate of drug-likeness (QED) is 0.809. The van der Waals surface area contributed by atoms with Crippen molar-refractivity contribution in [3.05, 3.63) is 34.3 Å². The fourth-order valence-electron chi connectivity index (χ4n) is 2.27. The van der Waals surface area contributed by atoms with Crippen molar-refractivity contribution in [3.8, 4) is 0 Å². The zero-order valence-corrected chi connectivity index (χ0v) is 12.1. The Labute approximate surface area is 111 Å². The molecule has 1 unspecified atom stereocenters. The molecule has 0 N–H and O–H groups in total. The Morgan fingerprint density at radius 1 is 1.41 bits per heavy atom. The predicted octanol–water partition coefficient (Wildman–Crippen LogP) is 3.98. The lowest BCUT2D eigenvalue weighted by Crippen LogP contribution is -2.34. The van der Waals surface area contributed by atoms with Gasteiger partial charge in [-0.3, -0.25) is 0 Å². The largest absolute Gasteiger partial charge is 0.478 e. The molecule has 1 aromatic carbocycles. The average molecular weight is 296 g/mol. The highest BCUT2D eigenvalue weighted by molar-refractivity contribution is 9.10. The van der Waals surface area contributed by atoms with Crippen LogP contribution in [0, 0.1) is 0 Å². The third kappa shape index (κ3) is 3.32. The number of hydrogen-bond acceptors (Lipinski definition) is 2. The molecule has 0 radical (unpaired) electrons. The fourth-order valence-corrected chi connectivity index (χ4v) is 2.70. The zero-order valence-electron chi connectivity index (χ0n) is 10.5. The van der Waals surface area contributed by atoms with E-state index in [1.165, 1.54) is 5.56 Å². The molecule has 2 rings (SSSR count). The topological polar surface area (TPSA) is 21.6 Å². The molecule has 0 saturated heterocycles. The van der Waals surface area contributed by atoms with Gasteiger partial charge >= 0.3 is 0 Å². The summed E-state index contributed by atoms with van der Waals surface area (Å²) in [6.07, 6.45) is 1.99. The molecule has 0 aromatic heterocycles. The number of halogens is 1. The summed E-state index contributed by atoms with van der Waals surface area (Å²) >= 11 is 3.56. The molecule has 1 atom stereocenters. The minimum absolute atomic E-state index is 0.00570. The van der Waals surface area contributed by atoms with Gasteiger partial charge in [0.15, 0.2) is 5.90 Å². The summed E-state index contributed by atoms with van der Waals surface area (Å²) in [5, 5.41) is 0. The summed E-state index contributed by atoms with van der Waals surface area (Å²) in [5.41, 5.74) is 1.21.